The van der Waals surface area contributed by atoms with E-state index in [1.807, 2.05) is 0 Å². The lowest BCUT2D eigenvalue weighted by Gasteiger charge is -2.15. The number of nitrogens with zero attached hydrogens (tertiary/aromatic N) is 9. The third kappa shape index (κ3) is 6.74. The lowest BCUT2D eigenvalue weighted by atomic mass is 9.88. The van der Waals surface area contributed by atoms with E-state index in [4.69, 9.17) is 0 Å². The summed E-state index contributed by atoms with van der Waals surface area (Å²) in [7, 11) is 0. The molecule has 1 aliphatic carbocycles. The van der Waals surface area contributed by atoms with Crippen molar-refractivity contribution in [2.45, 2.75) is 25.5 Å². The molecule has 55 heavy (non-hydrogen) atoms. The average molecular weight is 750 g/mol. The molecule has 9 nitrogen and oxygen atoms in total. The van der Waals surface area contributed by atoms with Gasteiger partial charge in [0, 0.05) is 33.4 Å². The van der Waals surface area contributed by atoms with Gasteiger partial charge in [-0.15, -0.1) is 0 Å². The molecule has 0 unspecified atom stereocenters. The van der Waals surface area contributed by atoms with Crippen LogP contribution in [0.15, 0.2) is 47.1 Å². The average Bonchev–Trinajstić information content (AvgIpc) is 3.84. The van der Waals surface area contributed by atoms with Crippen molar-refractivity contribution in [2.24, 2.45) is 0 Å². The van der Waals surface area contributed by atoms with Crippen molar-refractivity contribution in [1.82, 2.24) is 0 Å². The smallest absolute Gasteiger partial charge is 0.192 e. The molecule has 264 valence electrons. The molecule has 1 aliphatic rings. The van der Waals surface area contributed by atoms with Gasteiger partial charge in [-0.05, 0) is 42.8 Å². The summed E-state index contributed by atoms with van der Waals surface area (Å²) in [4.78, 5) is 0. The maximum atomic E-state index is 13.9. The minimum Gasteiger partial charge on any atom is -0.192 e. The van der Waals surface area contributed by atoms with Crippen LogP contribution in [0.5, 0.6) is 0 Å². The van der Waals surface area contributed by atoms with Crippen LogP contribution in [-0.4, -0.2) is 0 Å². The molecule has 4 rings (SSSR count). The molecular weight excluding hydrogens is 741 g/mol. The maximum Gasteiger partial charge on any atom is 0.416 e. The molecule has 0 aliphatic heterocycles. The Labute approximate surface area is 302 Å². The van der Waals surface area contributed by atoms with Gasteiger partial charge in [0.15, 0.2) is 0 Å². The molecule has 0 amide bonds. The highest BCUT2D eigenvalue weighted by Crippen LogP contribution is 2.58. The lowest BCUT2D eigenvalue weighted by molar-refractivity contribution is -0.138. The molecule has 1 saturated carbocycles. The van der Waals surface area contributed by atoms with Crippen molar-refractivity contribution in [3.8, 4) is 54.6 Å². The van der Waals surface area contributed by atoms with Gasteiger partial charge in [0.1, 0.15) is 24.3 Å². The largest absolute Gasteiger partial charge is 0.416 e. The zero-order valence-electron chi connectivity index (χ0n) is 26.8. The summed E-state index contributed by atoms with van der Waals surface area (Å²) in [6.07, 6.45) is -15.4. The van der Waals surface area contributed by atoms with Crippen LogP contribution >= 0.6 is 0 Å². The number of alkyl halides is 9. The first kappa shape index (κ1) is 39.4. The van der Waals surface area contributed by atoms with Gasteiger partial charge >= 0.3 is 18.5 Å². The van der Waals surface area contributed by atoms with Gasteiger partial charge < -0.3 is 0 Å². The van der Waals surface area contributed by atoms with Crippen LogP contribution in [0.1, 0.15) is 72.3 Å². The van der Waals surface area contributed by atoms with Gasteiger partial charge in [0.05, 0.1) is 97.1 Å². The van der Waals surface area contributed by atoms with Gasteiger partial charge in [-0.2, -0.15) is 86.9 Å². The Balaban J connectivity index is 2.42. The number of allylic oxidation sites excluding steroid dienone is 6. The van der Waals surface area contributed by atoms with Crippen LogP contribution < -0.4 is 0 Å². The van der Waals surface area contributed by atoms with E-state index in [0.29, 0.717) is 0 Å². The molecule has 0 atom stereocenters. The van der Waals surface area contributed by atoms with Crippen molar-refractivity contribution >= 4 is 16.7 Å². The minimum atomic E-state index is -5.15. The molecule has 0 bridgehead atoms. The molecule has 0 heterocycles. The second-order valence-corrected chi connectivity index (χ2v) is 11.0. The van der Waals surface area contributed by atoms with E-state index in [1.165, 1.54) is 36.4 Å². The number of hydrogen-bond donors (Lipinski definition) is 0. The van der Waals surface area contributed by atoms with Gasteiger partial charge in [0.2, 0.25) is 0 Å². The molecular formula is C37H8F9N9. The first-order valence-corrected chi connectivity index (χ1v) is 14.4. The SMILES string of the molecule is Cc1c(C(F)(F)F)cc(C#N)c(/C(C#N)=C2\C(=C(C#N)c3c(C#N)cc(C(F)(F)F)cc3C#N)\C2=C(/C#N)c2c(C#N)cc(C(F)(F)F)cc2C#N)c1C#N. The third-order valence-corrected chi connectivity index (χ3v) is 8.06. The normalized spacial score (nSPS) is 14.9. The monoisotopic (exact) mass is 749 g/mol. The number of hydrogen-bond acceptors (Lipinski definition) is 9. The second-order valence-electron chi connectivity index (χ2n) is 11.0. The summed E-state index contributed by atoms with van der Waals surface area (Å²) in [6.45, 7) is 0.814. The van der Waals surface area contributed by atoms with E-state index in [2.05, 4.69) is 0 Å². The van der Waals surface area contributed by atoms with E-state index in [9.17, 15) is 86.9 Å². The summed E-state index contributed by atoms with van der Waals surface area (Å²) in [5.41, 5.74) is -18.5. The summed E-state index contributed by atoms with van der Waals surface area (Å²) < 4.78 is 124. The molecule has 3 aromatic rings. The second kappa shape index (κ2) is 14.0. The Morgan fingerprint density at radius 1 is 0.418 bits per heavy atom. The quantitative estimate of drug-likeness (QED) is 0.185. The van der Waals surface area contributed by atoms with Gasteiger partial charge in [0.25, 0.3) is 0 Å². The number of nitriles is 9. The van der Waals surface area contributed by atoms with Crippen molar-refractivity contribution in [3.05, 3.63) is 119 Å². The molecule has 0 spiro atoms. The lowest BCUT2D eigenvalue weighted by Crippen LogP contribution is -2.11. The molecule has 0 aromatic heterocycles. The van der Waals surface area contributed by atoms with Gasteiger partial charge in [-0.1, -0.05) is 0 Å². The Morgan fingerprint density at radius 3 is 0.945 bits per heavy atom. The summed E-state index contributed by atoms with van der Waals surface area (Å²) >= 11 is 0. The van der Waals surface area contributed by atoms with Crippen LogP contribution in [0.4, 0.5) is 39.5 Å². The van der Waals surface area contributed by atoms with Crippen LogP contribution in [0, 0.1) is 109 Å². The van der Waals surface area contributed by atoms with Crippen molar-refractivity contribution in [2.75, 3.05) is 0 Å². The Hall–Kier alpha value is -8.34. The molecule has 0 saturated heterocycles. The van der Waals surface area contributed by atoms with E-state index >= 15 is 0 Å². The summed E-state index contributed by atoms with van der Waals surface area (Å²) in [5, 5.41) is 90.6. The highest BCUT2D eigenvalue weighted by Gasteiger charge is 2.45. The first-order chi connectivity index (χ1) is 25.7. The van der Waals surface area contributed by atoms with Crippen molar-refractivity contribution < 1.29 is 39.5 Å². The maximum absolute atomic E-state index is 13.9. The predicted octanol–water partition coefficient (Wildman–Crippen LogP) is 8.53. The van der Waals surface area contributed by atoms with Gasteiger partial charge in [-0.25, -0.2) is 0 Å². The first-order valence-electron chi connectivity index (χ1n) is 14.4. The van der Waals surface area contributed by atoms with Gasteiger partial charge in [-0.3, -0.25) is 0 Å². The molecule has 18 heteroatoms. The zero-order valence-corrected chi connectivity index (χ0v) is 26.8. The Morgan fingerprint density at radius 2 is 0.709 bits per heavy atom. The molecule has 1 fully saturated rings. The standard InChI is InChI=1S/C37H8F9N9/c1-16-24(12-52)31(21(11-51)6-28(16)37(44,45)46)27(15-55)34-32(25(13-53)29-17(7-47)2-22(35(38,39)40)3-18(29)8-48)33(34)26(14-54)30-19(9-49)4-23(36(41,42)43)5-20(30)10-50/h2-6H,1H3/b32-25-,33-26?,34-27-. The third-order valence-electron chi connectivity index (χ3n) is 8.06. The topological polar surface area (TPSA) is 214 Å². The summed E-state index contributed by atoms with van der Waals surface area (Å²) in [5.74, 6) is 0. The fourth-order valence-electron chi connectivity index (χ4n) is 5.71. The van der Waals surface area contributed by atoms with E-state index in [1.54, 1.807) is 18.2 Å². The Kier molecular flexibility index (Phi) is 10.0. The van der Waals surface area contributed by atoms with E-state index in [0.717, 1.165) is 6.92 Å². The van der Waals surface area contributed by atoms with E-state index < -0.39 is 124 Å². The molecule has 3 aromatic carbocycles. The zero-order chi connectivity index (χ0) is 41.4. The molecule has 0 radical (unpaired) electrons. The van der Waals surface area contributed by atoms with Crippen LogP contribution in [-0.2, 0) is 18.5 Å². The van der Waals surface area contributed by atoms with Crippen LogP contribution in [0.3, 0.4) is 0 Å². The van der Waals surface area contributed by atoms with Crippen molar-refractivity contribution in [1.29, 1.82) is 47.4 Å². The number of halogens is 9. The van der Waals surface area contributed by atoms with Crippen molar-refractivity contribution in [3.63, 3.8) is 0 Å². The number of benzene rings is 3. The van der Waals surface area contributed by atoms with Crippen LogP contribution in [0.25, 0.3) is 16.7 Å². The minimum absolute atomic E-state index is 0.248. The highest BCUT2D eigenvalue weighted by molar-refractivity contribution is 6.14. The molecule has 0 N–H and O–H groups in total. The number of rotatable bonds is 3. The predicted molar refractivity (Wildman–Crippen MR) is 165 cm³/mol. The fourth-order valence-corrected chi connectivity index (χ4v) is 5.71. The highest BCUT2D eigenvalue weighted by atomic mass is 19.4. The Bertz CT molecular complexity index is 2570. The van der Waals surface area contributed by atoms with Crippen LogP contribution in [0.2, 0.25) is 0 Å². The summed E-state index contributed by atoms with van der Waals surface area (Å²) in [6, 6.07) is 14.4. The fraction of sp³-hybridized carbons (Fsp3) is 0.108. The van der Waals surface area contributed by atoms with E-state index in [-0.39, 0.29) is 30.3 Å².